The molecule has 2 aromatic rings. The van der Waals surface area contributed by atoms with E-state index in [9.17, 15) is 5.11 Å². The van der Waals surface area contributed by atoms with E-state index in [4.69, 9.17) is 15.1 Å². The molecule has 2 aromatic heterocycles. The second-order valence-corrected chi connectivity index (χ2v) is 9.84. The Morgan fingerprint density at radius 3 is 2.56 bits per heavy atom. The van der Waals surface area contributed by atoms with Crippen LogP contribution >= 0.6 is 12.6 Å². The van der Waals surface area contributed by atoms with Crippen LogP contribution in [0.3, 0.4) is 0 Å². The van der Waals surface area contributed by atoms with E-state index in [0.717, 1.165) is 31.0 Å². The minimum Gasteiger partial charge on any atom is -0.385 e. The molecule has 4 N–H and O–H groups in total. The fourth-order valence-corrected chi connectivity index (χ4v) is 4.65. The SMILES string of the molecule is CC1COCCN1c1cc(C2(O)CCN(C(C)(C)C)CC2)c(C=N)c(Nc2ccn[nH]2)n1.CS. The lowest BCUT2D eigenvalue weighted by molar-refractivity contribution is -0.0462. The van der Waals surface area contributed by atoms with Gasteiger partial charge in [0.2, 0.25) is 0 Å². The Morgan fingerprint density at radius 2 is 2.00 bits per heavy atom. The Labute approximate surface area is 208 Å². The number of nitrogens with zero attached hydrogens (tertiary/aromatic N) is 4. The number of aromatic amines is 1. The lowest BCUT2D eigenvalue weighted by Crippen LogP contribution is -2.50. The fourth-order valence-electron chi connectivity index (χ4n) is 4.65. The van der Waals surface area contributed by atoms with Gasteiger partial charge in [0, 0.05) is 43.0 Å². The third kappa shape index (κ3) is 5.73. The van der Waals surface area contributed by atoms with Crippen LogP contribution in [0.4, 0.5) is 17.5 Å². The number of morpholine rings is 1. The number of ether oxygens (including phenoxy) is 1. The van der Waals surface area contributed by atoms with Crippen molar-refractivity contribution in [3.8, 4) is 0 Å². The van der Waals surface area contributed by atoms with Gasteiger partial charge in [-0.3, -0.25) is 10.00 Å². The van der Waals surface area contributed by atoms with E-state index in [-0.39, 0.29) is 11.6 Å². The number of H-pyrrole nitrogens is 1. The van der Waals surface area contributed by atoms with Gasteiger partial charge in [-0.1, -0.05) is 0 Å². The van der Waals surface area contributed by atoms with Crippen LogP contribution in [0.5, 0.6) is 0 Å². The summed E-state index contributed by atoms with van der Waals surface area (Å²) in [5, 5.41) is 30.2. The normalized spacial score (nSPS) is 20.9. The first-order chi connectivity index (χ1) is 16.2. The van der Waals surface area contributed by atoms with E-state index in [1.807, 2.05) is 12.1 Å². The molecule has 0 aliphatic carbocycles. The van der Waals surface area contributed by atoms with Gasteiger partial charge in [0.1, 0.15) is 17.5 Å². The number of nitrogens with one attached hydrogen (secondary N) is 3. The molecule has 0 amide bonds. The van der Waals surface area contributed by atoms with Crippen molar-refractivity contribution in [2.45, 2.75) is 57.7 Å². The molecule has 9 nitrogen and oxygen atoms in total. The summed E-state index contributed by atoms with van der Waals surface area (Å²) in [6.45, 7) is 12.3. The van der Waals surface area contributed by atoms with Crippen LogP contribution in [0.2, 0.25) is 0 Å². The average molecular weight is 490 g/mol. The van der Waals surface area contributed by atoms with E-state index < -0.39 is 5.60 Å². The summed E-state index contributed by atoms with van der Waals surface area (Å²) in [6.07, 6.45) is 5.87. The molecule has 0 aromatic carbocycles. The maximum Gasteiger partial charge on any atom is 0.143 e. The molecule has 0 radical (unpaired) electrons. The Morgan fingerprint density at radius 1 is 1.29 bits per heavy atom. The quantitative estimate of drug-likeness (QED) is 0.323. The molecule has 1 atom stereocenters. The van der Waals surface area contributed by atoms with Crippen LogP contribution in [0, 0.1) is 5.41 Å². The van der Waals surface area contributed by atoms with Crippen molar-refractivity contribution in [1.29, 1.82) is 5.41 Å². The molecule has 4 rings (SSSR count). The minimum atomic E-state index is -1.02. The Balaban J connectivity index is 0.00000158. The number of hydrogen-bond donors (Lipinski definition) is 5. The van der Waals surface area contributed by atoms with Crippen molar-refractivity contribution >= 4 is 36.3 Å². The molecule has 188 valence electrons. The second kappa shape index (κ2) is 11.1. The highest BCUT2D eigenvalue weighted by Gasteiger charge is 2.39. The van der Waals surface area contributed by atoms with Gasteiger partial charge >= 0.3 is 0 Å². The fraction of sp³-hybridized carbons (Fsp3) is 0.625. The highest BCUT2D eigenvalue weighted by Crippen LogP contribution is 2.40. The Kier molecular flexibility index (Phi) is 8.62. The van der Waals surface area contributed by atoms with Crippen molar-refractivity contribution in [3.05, 3.63) is 29.5 Å². The molecule has 0 bridgehead atoms. The molecule has 34 heavy (non-hydrogen) atoms. The highest BCUT2D eigenvalue weighted by molar-refractivity contribution is 7.79. The molecule has 0 spiro atoms. The third-order valence-corrected chi connectivity index (χ3v) is 6.65. The number of aliphatic hydroxyl groups is 1. The molecule has 4 heterocycles. The van der Waals surface area contributed by atoms with Crippen LogP contribution in [0.25, 0.3) is 0 Å². The molecule has 2 fully saturated rings. The highest BCUT2D eigenvalue weighted by atomic mass is 32.1. The molecule has 1 unspecified atom stereocenters. The average Bonchev–Trinajstić information content (AvgIpc) is 3.33. The monoisotopic (exact) mass is 489 g/mol. The van der Waals surface area contributed by atoms with Gasteiger partial charge in [-0.15, -0.1) is 0 Å². The zero-order valence-corrected chi connectivity index (χ0v) is 21.8. The van der Waals surface area contributed by atoms with Gasteiger partial charge in [-0.05, 0) is 58.4 Å². The summed E-state index contributed by atoms with van der Waals surface area (Å²) in [4.78, 5) is 9.49. The predicted molar refractivity (Wildman–Crippen MR) is 141 cm³/mol. The number of rotatable bonds is 5. The van der Waals surface area contributed by atoms with E-state index in [2.05, 4.69) is 65.6 Å². The number of piperidine rings is 1. The molecule has 2 saturated heterocycles. The second-order valence-electron chi connectivity index (χ2n) is 9.84. The van der Waals surface area contributed by atoms with Crippen molar-refractivity contribution in [2.75, 3.05) is 49.3 Å². The number of hydrogen-bond acceptors (Lipinski definition) is 9. The molecular formula is C24H39N7O2S. The van der Waals surface area contributed by atoms with Crippen molar-refractivity contribution in [2.24, 2.45) is 0 Å². The van der Waals surface area contributed by atoms with Crippen LogP contribution < -0.4 is 10.2 Å². The third-order valence-electron chi connectivity index (χ3n) is 6.65. The van der Waals surface area contributed by atoms with Crippen molar-refractivity contribution in [3.63, 3.8) is 0 Å². The predicted octanol–water partition coefficient (Wildman–Crippen LogP) is 3.40. The van der Waals surface area contributed by atoms with E-state index in [1.165, 1.54) is 6.21 Å². The van der Waals surface area contributed by atoms with Gasteiger partial charge in [0.25, 0.3) is 0 Å². The number of thiol groups is 1. The maximum atomic E-state index is 11.8. The maximum absolute atomic E-state index is 11.8. The van der Waals surface area contributed by atoms with Crippen LogP contribution in [0.15, 0.2) is 18.3 Å². The van der Waals surface area contributed by atoms with Gasteiger partial charge < -0.3 is 25.5 Å². The lowest BCUT2D eigenvalue weighted by atomic mass is 9.81. The molecule has 0 saturated carbocycles. The van der Waals surface area contributed by atoms with Crippen LogP contribution in [0.1, 0.15) is 51.7 Å². The standard InChI is InChI=1S/C23H35N7O2.CH4S/c1-16-15-32-12-11-30(16)20-13-18(23(31)6-9-29(10-7-23)22(2,3)4)17(14-24)21(27-20)26-19-5-8-25-28-19;1-2/h5,8,13-14,16,24,31H,6-7,9-12,15H2,1-4H3,(H2,25,26,27,28);2H,1H3. The van der Waals surface area contributed by atoms with Gasteiger partial charge in [-0.2, -0.15) is 17.7 Å². The summed E-state index contributed by atoms with van der Waals surface area (Å²) >= 11 is 3.53. The first kappa shape index (κ1) is 26.5. The molecule has 2 aliphatic rings. The number of pyridine rings is 1. The van der Waals surface area contributed by atoms with E-state index in [0.29, 0.717) is 43.3 Å². The van der Waals surface area contributed by atoms with Crippen LogP contribution in [-0.4, -0.2) is 82.1 Å². The molecular weight excluding hydrogens is 450 g/mol. The summed E-state index contributed by atoms with van der Waals surface area (Å²) < 4.78 is 5.61. The summed E-state index contributed by atoms with van der Waals surface area (Å²) in [7, 11) is 0. The summed E-state index contributed by atoms with van der Waals surface area (Å²) in [5.41, 5.74) is 0.403. The van der Waals surface area contributed by atoms with Crippen molar-refractivity contribution < 1.29 is 9.84 Å². The largest absolute Gasteiger partial charge is 0.385 e. The first-order valence-corrected chi connectivity index (χ1v) is 12.7. The smallest absolute Gasteiger partial charge is 0.143 e. The van der Waals surface area contributed by atoms with Gasteiger partial charge in [0.05, 0.1) is 31.1 Å². The molecule has 2 aliphatic heterocycles. The number of aromatic nitrogens is 3. The zero-order chi connectivity index (χ0) is 24.9. The van der Waals surface area contributed by atoms with Crippen LogP contribution in [-0.2, 0) is 10.3 Å². The topological polar surface area (TPSA) is 113 Å². The van der Waals surface area contributed by atoms with Gasteiger partial charge in [0.15, 0.2) is 0 Å². The van der Waals surface area contributed by atoms with Gasteiger partial charge in [-0.25, -0.2) is 4.98 Å². The van der Waals surface area contributed by atoms with Crippen molar-refractivity contribution in [1.82, 2.24) is 20.1 Å². The van der Waals surface area contributed by atoms with E-state index >= 15 is 0 Å². The number of anilines is 3. The van der Waals surface area contributed by atoms with E-state index in [1.54, 1.807) is 12.5 Å². The Hall–Kier alpha value is -2.14. The zero-order valence-electron chi connectivity index (χ0n) is 20.9. The lowest BCUT2D eigenvalue weighted by Gasteiger charge is -2.45. The summed E-state index contributed by atoms with van der Waals surface area (Å²) in [5.74, 6) is 2.02. The Bertz CT molecular complexity index is 938. The first-order valence-electron chi connectivity index (χ1n) is 11.8. The summed E-state index contributed by atoms with van der Waals surface area (Å²) in [6, 6.07) is 3.97. The number of likely N-dealkylation sites (tertiary alicyclic amines) is 1. The minimum absolute atomic E-state index is 0.0612. The molecule has 10 heteroatoms.